The summed E-state index contributed by atoms with van der Waals surface area (Å²) in [4.78, 5) is 15.2. The predicted octanol–water partition coefficient (Wildman–Crippen LogP) is 5.69. The van der Waals surface area contributed by atoms with Gasteiger partial charge >= 0.3 is 0 Å². The molecule has 1 aliphatic rings. The molecule has 0 saturated heterocycles. The Bertz CT molecular complexity index is 976. The standard InChI is InChI=1S/C22H20BrClN2OS/c23-18-5-6-20(24)19(11-18)22(27)25-12-21(17-8-10-28-14-17)26-9-7-15-3-1-2-4-16(15)13-26/h1-6,8,10-11,14,21H,7,9,12-13H2,(H,25,27). The Hall–Kier alpha value is -1.66. The summed E-state index contributed by atoms with van der Waals surface area (Å²) < 4.78 is 0.837. The van der Waals surface area contributed by atoms with Gasteiger partial charge in [0, 0.05) is 24.1 Å². The Morgan fingerprint density at radius 1 is 1.21 bits per heavy atom. The van der Waals surface area contributed by atoms with Crippen molar-refractivity contribution in [1.29, 1.82) is 0 Å². The van der Waals surface area contributed by atoms with Crippen LogP contribution in [0.5, 0.6) is 0 Å². The quantitative estimate of drug-likeness (QED) is 0.514. The molecule has 1 N–H and O–H groups in total. The van der Waals surface area contributed by atoms with Gasteiger partial charge in [-0.15, -0.1) is 0 Å². The highest BCUT2D eigenvalue weighted by Crippen LogP contribution is 2.29. The predicted molar refractivity (Wildman–Crippen MR) is 119 cm³/mol. The largest absolute Gasteiger partial charge is 0.350 e. The van der Waals surface area contributed by atoms with Gasteiger partial charge in [-0.05, 0) is 58.1 Å². The van der Waals surface area contributed by atoms with Crippen molar-refractivity contribution in [1.82, 2.24) is 10.2 Å². The van der Waals surface area contributed by atoms with Crippen molar-refractivity contribution >= 4 is 44.8 Å². The van der Waals surface area contributed by atoms with Crippen LogP contribution in [0, 0.1) is 0 Å². The number of halogens is 2. The van der Waals surface area contributed by atoms with Crippen molar-refractivity contribution in [2.75, 3.05) is 13.1 Å². The van der Waals surface area contributed by atoms with E-state index in [1.165, 1.54) is 16.7 Å². The molecule has 0 aliphatic carbocycles. The van der Waals surface area contributed by atoms with E-state index in [1.54, 1.807) is 23.5 Å². The molecule has 1 aromatic heterocycles. The molecule has 3 aromatic rings. The third-order valence-corrected chi connectivity index (χ3v) is 6.68. The molecule has 1 aliphatic heterocycles. The lowest BCUT2D eigenvalue weighted by molar-refractivity contribution is 0.0928. The third kappa shape index (κ3) is 4.33. The lowest BCUT2D eigenvalue weighted by atomic mass is 9.97. The average Bonchev–Trinajstić information content (AvgIpc) is 3.24. The Labute approximate surface area is 182 Å². The van der Waals surface area contributed by atoms with Crippen LogP contribution in [0.2, 0.25) is 5.02 Å². The molecule has 3 nitrogen and oxygen atoms in total. The molecule has 0 radical (unpaired) electrons. The van der Waals surface area contributed by atoms with Crippen LogP contribution in [0.4, 0.5) is 0 Å². The average molecular weight is 476 g/mol. The topological polar surface area (TPSA) is 32.3 Å². The van der Waals surface area contributed by atoms with Gasteiger partial charge in [-0.2, -0.15) is 11.3 Å². The number of thiophene rings is 1. The van der Waals surface area contributed by atoms with Gasteiger partial charge in [-0.3, -0.25) is 9.69 Å². The molecule has 28 heavy (non-hydrogen) atoms. The van der Waals surface area contributed by atoms with E-state index in [9.17, 15) is 4.79 Å². The molecule has 1 atom stereocenters. The number of benzene rings is 2. The zero-order valence-corrected chi connectivity index (χ0v) is 18.4. The molecule has 0 spiro atoms. The number of nitrogens with one attached hydrogen (secondary N) is 1. The number of carbonyl (C=O) groups excluding carboxylic acids is 1. The lowest BCUT2D eigenvalue weighted by Gasteiger charge is -2.35. The smallest absolute Gasteiger partial charge is 0.252 e. The second-order valence-corrected chi connectivity index (χ2v) is 9.00. The Morgan fingerprint density at radius 2 is 2.04 bits per heavy atom. The van der Waals surface area contributed by atoms with Gasteiger partial charge in [0.15, 0.2) is 0 Å². The number of nitrogens with zero attached hydrogens (tertiary/aromatic N) is 1. The van der Waals surface area contributed by atoms with Crippen LogP contribution in [0.1, 0.15) is 33.1 Å². The molecule has 2 aromatic carbocycles. The van der Waals surface area contributed by atoms with Gasteiger partial charge in [0.05, 0.1) is 16.6 Å². The fraction of sp³-hybridized carbons (Fsp3) is 0.227. The number of amides is 1. The van der Waals surface area contributed by atoms with E-state index in [2.05, 4.69) is 67.2 Å². The van der Waals surface area contributed by atoms with Crippen molar-refractivity contribution in [3.05, 3.63) is 91.0 Å². The summed E-state index contributed by atoms with van der Waals surface area (Å²) in [6, 6.07) is 16.2. The van der Waals surface area contributed by atoms with Crippen molar-refractivity contribution in [3.63, 3.8) is 0 Å². The second-order valence-electron chi connectivity index (χ2n) is 6.90. The molecule has 0 fully saturated rings. The van der Waals surface area contributed by atoms with Crippen LogP contribution in [0.25, 0.3) is 0 Å². The van der Waals surface area contributed by atoms with E-state index in [4.69, 9.17) is 11.6 Å². The van der Waals surface area contributed by atoms with Crippen LogP contribution in [-0.2, 0) is 13.0 Å². The first-order valence-electron chi connectivity index (χ1n) is 9.18. The van der Waals surface area contributed by atoms with E-state index in [0.29, 0.717) is 17.1 Å². The zero-order valence-electron chi connectivity index (χ0n) is 15.2. The van der Waals surface area contributed by atoms with Crippen LogP contribution >= 0.6 is 38.9 Å². The Kier molecular flexibility index (Phi) is 6.16. The minimum absolute atomic E-state index is 0.134. The number of fused-ring (bicyclic) bond motifs is 1. The normalized spacial score (nSPS) is 15.1. The summed E-state index contributed by atoms with van der Waals surface area (Å²) in [6.07, 6.45) is 1.03. The molecule has 2 heterocycles. The van der Waals surface area contributed by atoms with Gasteiger partial charge in [-0.25, -0.2) is 0 Å². The SMILES string of the molecule is O=C(NCC(c1ccsc1)N1CCc2ccccc2C1)c1cc(Br)ccc1Cl. The third-order valence-electron chi connectivity index (χ3n) is 5.16. The van der Waals surface area contributed by atoms with Crippen molar-refractivity contribution in [3.8, 4) is 0 Å². The van der Waals surface area contributed by atoms with Crippen molar-refractivity contribution in [2.24, 2.45) is 0 Å². The molecular weight excluding hydrogens is 456 g/mol. The maximum atomic E-state index is 12.7. The Balaban J connectivity index is 1.52. The summed E-state index contributed by atoms with van der Waals surface area (Å²) in [5.41, 5.74) is 4.53. The Morgan fingerprint density at radius 3 is 2.82 bits per heavy atom. The van der Waals surface area contributed by atoms with Gasteiger partial charge in [0.25, 0.3) is 5.91 Å². The van der Waals surface area contributed by atoms with Crippen LogP contribution in [0.3, 0.4) is 0 Å². The van der Waals surface area contributed by atoms with E-state index in [-0.39, 0.29) is 11.9 Å². The highest BCUT2D eigenvalue weighted by molar-refractivity contribution is 9.10. The van der Waals surface area contributed by atoms with Crippen LogP contribution in [-0.4, -0.2) is 23.9 Å². The first-order chi connectivity index (χ1) is 13.6. The summed E-state index contributed by atoms with van der Waals surface area (Å²) in [6.45, 7) is 2.41. The number of rotatable bonds is 5. The van der Waals surface area contributed by atoms with Gasteiger partial charge in [-0.1, -0.05) is 51.8 Å². The molecule has 6 heteroatoms. The van der Waals surface area contributed by atoms with E-state index in [1.807, 2.05) is 6.07 Å². The zero-order chi connectivity index (χ0) is 19.5. The molecule has 0 bridgehead atoms. The van der Waals surface area contributed by atoms with Crippen LogP contribution in [0.15, 0.2) is 63.8 Å². The minimum atomic E-state index is -0.149. The molecule has 4 rings (SSSR count). The molecule has 1 amide bonds. The van der Waals surface area contributed by atoms with E-state index < -0.39 is 0 Å². The molecule has 0 saturated carbocycles. The van der Waals surface area contributed by atoms with E-state index >= 15 is 0 Å². The summed E-state index contributed by atoms with van der Waals surface area (Å²) >= 11 is 11.3. The number of hydrogen-bond acceptors (Lipinski definition) is 3. The number of hydrogen-bond donors (Lipinski definition) is 1. The highest BCUT2D eigenvalue weighted by atomic mass is 79.9. The maximum absolute atomic E-state index is 12.7. The highest BCUT2D eigenvalue weighted by Gasteiger charge is 2.26. The molecule has 144 valence electrons. The van der Waals surface area contributed by atoms with Gasteiger partial charge in [0.1, 0.15) is 0 Å². The van der Waals surface area contributed by atoms with Gasteiger partial charge in [0.2, 0.25) is 0 Å². The first kappa shape index (κ1) is 19.6. The molecular formula is C22H20BrClN2OS. The van der Waals surface area contributed by atoms with Crippen LogP contribution < -0.4 is 5.32 Å². The number of carbonyl (C=O) groups is 1. The fourth-order valence-electron chi connectivity index (χ4n) is 3.66. The first-order valence-corrected chi connectivity index (χ1v) is 11.3. The maximum Gasteiger partial charge on any atom is 0.252 e. The van der Waals surface area contributed by atoms with Gasteiger partial charge < -0.3 is 5.32 Å². The summed E-state index contributed by atoms with van der Waals surface area (Å²) in [7, 11) is 0. The second kappa shape index (κ2) is 8.78. The summed E-state index contributed by atoms with van der Waals surface area (Å²) in [5.74, 6) is -0.149. The monoisotopic (exact) mass is 474 g/mol. The minimum Gasteiger partial charge on any atom is -0.350 e. The van der Waals surface area contributed by atoms with E-state index in [0.717, 1.165) is 24.0 Å². The van der Waals surface area contributed by atoms with Crippen molar-refractivity contribution in [2.45, 2.75) is 19.0 Å². The fourth-order valence-corrected chi connectivity index (χ4v) is 4.93. The summed E-state index contributed by atoms with van der Waals surface area (Å²) in [5, 5.41) is 7.81. The van der Waals surface area contributed by atoms with Crippen molar-refractivity contribution < 1.29 is 4.79 Å². The lowest BCUT2D eigenvalue weighted by Crippen LogP contribution is -2.40. The molecule has 1 unspecified atom stereocenters.